The fourth-order valence-electron chi connectivity index (χ4n) is 5.27. The van der Waals surface area contributed by atoms with E-state index in [1.165, 1.54) is 122 Å². The second kappa shape index (κ2) is 16.1. The van der Waals surface area contributed by atoms with E-state index in [1.807, 2.05) is 0 Å². The van der Waals surface area contributed by atoms with E-state index < -0.39 is 0 Å². The average Bonchev–Trinajstić information content (AvgIpc) is 3.40. The Balaban J connectivity index is 1.24. The van der Waals surface area contributed by atoms with Crippen LogP contribution in [0.25, 0.3) is 0 Å². The summed E-state index contributed by atoms with van der Waals surface area (Å²) in [5.74, 6) is 3.24. The fourth-order valence-corrected chi connectivity index (χ4v) is 5.27. The zero-order chi connectivity index (χ0) is 22.2. The maximum Gasteiger partial charge on any atom is 0.183 e. The van der Waals surface area contributed by atoms with Gasteiger partial charge in [-0.3, -0.25) is 0 Å². The van der Waals surface area contributed by atoms with Crippen LogP contribution in [0.3, 0.4) is 0 Å². The summed E-state index contributed by atoms with van der Waals surface area (Å²) in [6.45, 7) is 7.38. The van der Waals surface area contributed by atoms with E-state index in [0.29, 0.717) is 0 Å². The SMILES string of the molecule is CCCCCCCCC1CC1CCCCCCCCCCCCCC1=NC(C)(C)CO1. The first-order valence-corrected chi connectivity index (χ1v) is 14.3. The fraction of sp³-hybridized carbons (Fsp3) is 0.966. The summed E-state index contributed by atoms with van der Waals surface area (Å²) < 4.78 is 5.67. The van der Waals surface area contributed by atoms with Crippen LogP contribution < -0.4 is 0 Å². The van der Waals surface area contributed by atoms with E-state index in [9.17, 15) is 0 Å². The molecule has 0 amide bonds. The van der Waals surface area contributed by atoms with Crippen molar-refractivity contribution < 1.29 is 4.74 Å². The Hall–Kier alpha value is -0.530. The van der Waals surface area contributed by atoms with E-state index in [2.05, 4.69) is 25.8 Å². The van der Waals surface area contributed by atoms with Crippen molar-refractivity contribution in [3.8, 4) is 0 Å². The molecule has 182 valence electrons. The second-order valence-corrected chi connectivity index (χ2v) is 11.3. The number of unbranched alkanes of at least 4 members (excludes halogenated alkanes) is 15. The number of rotatable bonds is 21. The molecule has 2 atom stereocenters. The first-order valence-electron chi connectivity index (χ1n) is 14.3. The van der Waals surface area contributed by atoms with Crippen molar-refractivity contribution in [2.75, 3.05) is 6.61 Å². The molecule has 0 aromatic carbocycles. The van der Waals surface area contributed by atoms with Crippen LogP contribution in [0.15, 0.2) is 4.99 Å². The summed E-state index contributed by atoms with van der Waals surface area (Å²) in [6, 6.07) is 0. The molecule has 2 rings (SSSR count). The molecule has 1 fully saturated rings. The highest BCUT2D eigenvalue weighted by Crippen LogP contribution is 2.45. The Morgan fingerprint density at radius 2 is 1.13 bits per heavy atom. The molecule has 0 spiro atoms. The molecular weight excluding hydrogens is 378 g/mol. The van der Waals surface area contributed by atoms with Crippen molar-refractivity contribution in [1.82, 2.24) is 0 Å². The summed E-state index contributed by atoms with van der Waals surface area (Å²) >= 11 is 0. The molecule has 2 unspecified atom stereocenters. The van der Waals surface area contributed by atoms with Crippen LogP contribution in [-0.4, -0.2) is 18.0 Å². The Bertz CT molecular complexity index is 469. The third-order valence-electron chi connectivity index (χ3n) is 7.48. The summed E-state index contributed by atoms with van der Waals surface area (Å²) in [6.07, 6.45) is 30.1. The van der Waals surface area contributed by atoms with Crippen LogP contribution in [0.4, 0.5) is 0 Å². The van der Waals surface area contributed by atoms with Gasteiger partial charge in [0.15, 0.2) is 5.90 Å². The zero-order valence-corrected chi connectivity index (χ0v) is 21.6. The van der Waals surface area contributed by atoms with Gasteiger partial charge in [-0.25, -0.2) is 4.99 Å². The number of nitrogens with zero attached hydrogens (tertiary/aromatic N) is 1. The lowest BCUT2D eigenvalue weighted by Gasteiger charge is -2.07. The van der Waals surface area contributed by atoms with Gasteiger partial charge in [-0.2, -0.15) is 0 Å². The highest BCUT2D eigenvalue weighted by molar-refractivity contribution is 5.78. The molecule has 1 aliphatic heterocycles. The number of hydrogen-bond acceptors (Lipinski definition) is 2. The molecule has 1 aliphatic carbocycles. The van der Waals surface area contributed by atoms with E-state index >= 15 is 0 Å². The van der Waals surface area contributed by atoms with Gasteiger partial charge < -0.3 is 4.74 Å². The van der Waals surface area contributed by atoms with Gasteiger partial charge in [0.1, 0.15) is 6.61 Å². The van der Waals surface area contributed by atoms with Crippen LogP contribution in [0.1, 0.15) is 156 Å². The van der Waals surface area contributed by atoms with Crippen molar-refractivity contribution >= 4 is 5.90 Å². The van der Waals surface area contributed by atoms with Crippen molar-refractivity contribution in [2.45, 2.75) is 161 Å². The molecule has 0 N–H and O–H groups in total. The molecule has 1 saturated carbocycles. The minimum absolute atomic E-state index is 0.0168. The van der Waals surface area contributed by atoms with Gasteiger partial charge in [-0.1, -0.05) is 122 Å². The first-order chi connectivity index (χ1) is 15.1. The molecule has 2 aliphatic rings. The molecule has 0 bridgehead atoms. The van der Waals surface area contributed by atoms with Gasteiger partial charge >= 0.3 is 0 Å². The second-order valence-electron chi connectivity index (χ2n) is 11.3. The molecule has 0 aromatic heterocycles. The lowest BCUT2D eigenvalue weighted by molar-refractivity contribution is 0.273. The Kier molecular flexibility index (Phi) is 13.9. The average molecular weight is 434 g/mol. The maximum atomic E-state index is 5.67. The molecular formula is C29H55NO. The van der Waals surface area contributed by atoms with Crippen molar-refractivity contribution in [3.05, 3.63) is 0 Å². The number of ether oxygens (including phenoxy) is 1. The predicted octanol–water partition coefficient (Wildman–Crippen LogP) is 9.65. The van der Waals surface area contributed by atoms with Crippen molar-refractivity contribution in [2.24, 2.45) is 16.8 Å². The molecule has 2 nitrogen and oxygen atoms in total. The van der Waals surface area contributed by atoms with Gasteiger partial charge in [0.25, 0.3) is 0 Å². The van der Waals surface area contributed by atoms with Gasteiger partial charge in [-0.15, -0.1) is 0 Å². The van der Waals surface area contributed by atoms with Gasteiger partial charge in [0.05, 0.1) is 5.54 Å². The molecule has 2 heteroatoms. The highest BCUT2D eigenvalue weighted by Gasteiger charge is 2.35. The van der Waals surface area contributed by atoms with Crippen LogP contribution >= 0.6 is 0 Å². The number of aliphatic imine (C=N–C) groups is 1. The van der Waals surface area contributed by atoms with Crippen molar-refractivity contribution in [1.29, 1.82) is 0 Å². The van der Waals surface area contributed by atoms with Crippen LogP contribution in [0.5, 0.6) is 0 Å². The topological polar surface area (TPSA) is 21.6 Å². The smallest absolute Gasteiger partial charge is 0.183 e. The minimum atomic E-state index is 0.0168. The summed E-state index contributed by atoms with van der Waals surface area (Å²) in [5.41, 5.74) is 0.0168. The Morgan fingerprint density at radius 1 is 0.677 bits per heavy atom. The third kappa shape index (κ3) is 13.6. The highest BCUT2D eigenvalue weighted by atomic mass is 16.5. The summed E-state index contributed by atoms with van der Waals surface area (Å²) in [5, 5.41) is 0. The standard InChI is InChI=1S/C29H55NO/c1-4-5-6-7-15-18-21-26-24-27(26)22-19-16-13-11-9-8-10-12-14-17-20-23-28-30-29(2,3)25-31-28/h26-27H,4-25H2,1-3H3. The lowest BCUT2D eigenvalue weighted by Crippen LogP contribution is -2.17. The van der Waals surface area contributed by atoms with Crippen molar-refractivity contribution in [3.63, 3.8) is 0 Å². The van der Waals surface area contributed by atoms with E-state index in [-0.39, 0.29) is 5.54 Å². The predicted molar refractivity (Wildman–Crippen MR) is 137 cm³/mol. The normalized spacial score (nSPS) is 21.8. The Morgan fingerprint density at radius 3 is 1.58 bits per heavy atom. The lowest BCUT2D eigenvalue weighted by atomic mass is 10.0. The quantitative estimate of drug-likeness (QED) is 0.165. The van der Waals surface area contributed by atoms with E-state index in [0.717, 1.165) is 30.8 Å². The largest absolute Gasteiger partial charge is 0.478 e. The molecule has 1 heterocycles. The van der Waals surface area contributed by atoms with Gasteiger partial charge in [-0.05, 0) is 38.5 Å². The van der Waals surface area contributed by atoms with E-state index in [4.69, 9.17) is 4.74 Å². The minimum Gasteiger partial charge on any atom is -0.478 e. The monoisotopic (exact) mass is 433 g/mol. The molecule has 0 saturated heterocycles. The van der Waals surface area contributed by atoms with Crippen LogP contribution in [-0.2, 0) is 4.74 Å². The first kappa shape index (κ1) is 26.7. The third-order valence-corrected chi connectivity index (χ3v) is 7.48. The van der Waals surface area contributed by atoms with Gasteiger partial charge in [0.2, 0.25) is 0 Å². The molecule has 0 aromatic rings. The van der Waals surface area contributed by atoms with E-state index in [1.54, 1.807) is 6.42 Å². The Labute approximate surface area is 195 Å². The zero-order valence-electron chi connectivity index (χ0n) is 21.6. The molecule has 31 heavy (non-hydrogen) atoms. The number of hydrogen-bond donors (Lipinski definition) is 0. The maximum absolute atomic E-state index is 5.67. The van der Waals surface area contributed by atoms with Crippen LogP contribution in [0.2, 0.25) is 0 Å². The summed E-state index contributed by atoms with van der Waals surface area (Å²) in [4.78, 5) is 4.64. The summed E-state index contributed by atoms with van der Waals surface area (Å²) in [7, 11) is 0. The molecule has 0 radical (unpaired) electrons. The van der Waals surface area contributed by atoms with Gasteiger partial charge in [0, 0.05) is 6.42 Å². The van der Waals surface area contributed by atoms with Crippen LogP contribution in [0, 0.1) is 11.8 Å².